The van der Waals surface area contributed by atoms with E-state index in [1.807, 2.05) is 36.4 Å². The van der Waals surface area contributed by atoms with Gasteiger partial charge in [0.05, 0.1) is 11.2 Å². The standard InChI is InChI=1S/C31H40N6O3/c1-30(2,3)40-29(39)36-14-11-31(32,12-15-36)25-8-6-22(7-9-25)24-20-27-26(10-13-33-37(27)21-24)34-16-18-35(19-17-34)28(38)23-4-5-23/h6-10,13,20-21,23H,4-5,11-12,14-19,32H2,1-3H3. The van der Waals surface area contributed by atoms with Crippen molar-refractivity contribution in [2.75, 3.05) is 44.2 Å². The van der Waals surface area contributed by atoms with Crippen LogP contribution >= 0.6 is 0 Å². The first-order chi connectivity index (χ1) is 19.1. The summed E-state index contributed by atoms with van der Waals surface area (Å²) in [5.41, 5.74) is 11.4. The van der Waals surface area contributed by atoms with Gasteiger partial charge in [0.25, 0.3) is 0 Å². The highest BCUT2D eigenvalue weighted by Gasteiger charge is 2.36. The lowest BCUT2D eigenvalue weighted by Crippen LogP contribution is -2.50. The molecule has 9 nitrogen and oxygen atoms in total. The van der Waals surface area contributed by atoms with E-state index in [0.717, 1.165) is 66.9 Å². The van der Waals surface area contributed by atoms with E-state index in [1.54, 1.807) is 4.90 Å². The van der Waals surface area contributed by atoms with Crippen LogP contribution in [0.15, 0.2) is 48.8 Å². The van der Waals surface area contributed by atoms with Gasteiger partial charge in [-0.05, 0) is 69.7 Å². The molecule has 2 aromatic heterocycles. The lowest BCUT2D eigenvalue weighted by atomic mass is 9.81. The van der Waals surface area contributed by atoms with Gasteiger partial charge in [-0.1, -0.05) is 24.3 Å². The highest BCUT2D eigenvalue weighted by Crippen LogP contribution is 2.35. The topological polar surface area (TPSA) is 96.4 Å². The summed E-state index contributed by atoms with van der Waals surface area (Å²) in [5, 5.41) is 4.57. The zero-order valence-electron chi connectivity index (χ0n) is 23.8. The monoisotopic (exact) mass is 544 g/mol. The van der Waals surface area contributed by atoms with Gasteiger partial charge in [-0.15, -0.1) is 0 Å². The summed E-state index contributed by atoms with van der Waals surface area (Å²) in [7, 11) is 0. The highest BCUT2D eigenvalue weighted by molar-refractivity contribution is 5.82. The fraction of sp³-hybridized carbons (Fsp3) is 0.516. The number of hydrogen-bond donors (Lipinski definition) is 1. The number of carbonyl (C=O) groups excluding carboxylic acids is 2. The minimum Gasteiger partial charge on any atom is -0.444 e. The van der Waals surface area contributed by atoms with Crippen molar-refractivity contribution in [2.24, 2.45) is 11.7 Å². The molecule has 212 valence electrons. The van der Waals surface area contributed by atoms with E-state index in [-0.39, 0.29) is 12.0 Å². The quantitative estimate of drug-likeness (QED) is 0.528. The van der Waals surface area contributed by atoms with E-state index in [1.165, 1.54) is 0 Å². The number of hydrogen-bond acceptors (Lipinski definition) is 6. The van der Waals surface area contributed by atoms with Gasteiger partial charge in [-0.3, -0.25) is 4.79 Å². The Bertz CT molecular complexity index is 1390. The van der Waals surface area contributed by atoms with Crippen molar-refractivity contribution in [3.05, 3.63) is 54.4 Å². The van der Waals surface area contributed by atoms with Gasteiger partial charge in [0, 0.05) is 68.7 Å². The molecule has 6 rings (SSSR count). The van der Waals surface area contributed by atoms with Crippen molar-refractivity contribution in [1.29, 1.82) is 0 Å². The zero-order valence-corrected chi connectivity index (χ0v) is 23.8. The molecule has 1 saturated carbocycles. The summed E-state index contributed by atoms with van der Waals surface area (Å²) in [6, 6.07) is 12.7. The number of amides is 2. The first-order valence-corrected chi connectivity index (χ1v) is 14.5. The number of piperidine rings is 1. The smallest absolute Gasteiger partial charge is 0.410 e. The molecule has 0 radical (unpaired) electrons. The number of ether oxygens (including phenoxy) is 1. The molecule has 0 atom stereocenters. The zero-order chi connectivity index (χ0) is 28.1. The Balaban J connectivity index is 1.13. The van der Waals surface area contributed by atoms with Crippen molar-refractivity contribution in [3.63, 3.8) is 0 Å². The second kappa shape index (κ2) is 10.1. The van der Waals surface area contributed by atoms with Crippen molar-refractivity contribution in [2.45, 2.75) is 57.6 Å². The number of nitrogens with two attached hydrogens (primary N) is 1. The molecule has 0 bridgehead atoms. The molecular formula is C31H40N6O3. The number of piperazine rings is 1. The minimum absolute atomic E-state index is 0.271. The van der Waals surface area contributed by atoms with Crippen LogP contribution in [-0.2, 0) is 15.1 Å². The second-order valence-corrected chi connectivity index (χ2v) is 12.6. The molecule has 3 aliphatic rings. The summed E-state index contributed by atoms with van der Waals surface area (Å²) < 4.78 is 7.47. The van der Waals surface area contributed by atoms with Crippen LogP contribution < -0.4 is 10.6 Å². The third-order valence-corrected chi connectivity index (χ3v) is 8.45. The molecular weight excluding hydrogens is 504 g/mol. The van der Waals surface area contributed by atoms with Crippen molar-refractivity contribution >= 4 is 23.2 Å². The maximum Gasteiger partial charge on any atom is 0.410 e. The summed E-state index contributed by atoms with van der Waals surface area (Å²) >= 11 is 0. The van der Waals surface area contributed by atoms with Gasteiger partial charge in [0.2, 0.25) is 5.91 Å². The molecule has 0 spiro atoms. The number of carbonyl (C=O) groups is 2. The van der Waals surface area contributed by atoms with Gasteiger partial charge >= 0.3 is 6.09 Å². The average molecular weight is 545 g/mol. The molecule has 3 aromatic rings. The molecule has 0 unspecified atom stereocenters. The van der Waals surface area contributed by atoms with Crippen molar-refractivity contribution < 1.29 is 14.3 Å². The number of fused-ring (bicyclic) bond motifs is 1. The average Bonchev–Trinajstić information content (AvgIpc) is 3.70. The third-order valence-electron chi connectivity index (χ3n) is 8.45. The number of benzene rings is 1. The summed E-state index contributed by atoms with van der Waals surface area (Å²) in [4.78, 5) is 31.1. The van der Waals surface area contributed by atoms with Crippen LogP contribution in [0.1, 0.15) is 52.0 Å². The molecule has 2 saturated heterocycles. The molecule has 4 heterocycles. The Kier molecular flexibility index (Phi) is 6.73. The molecule has 3 fully saturated rings. The van der Waals surface area contributed by atoms with Gasteiger partial charge in [0.1, 0.15) is 5.60 Å². The number of aromatic nitrogens is 2. The maximum absolute atomic E-state index is 12.5. The van der Waals surface area contributed by atoms with Gasteiger partial charge < -0.3 is 25.2 Å². The van der Waals surface area contributed by atoms with E-state index in [0.29, 0.717) is 31.8 Å². The molecule has 1 aliphatic carbocycles. The minimum atomic E-state index is -0.505. The first kappa shape index (κ1) is 26.6. The molecule has 2 N–H and O–H groups in total. The number of nitrogens with zero attached hydrogens (tertiary/aromatic N) is 5. The lowest BCUT2D eigenvalue weighted by molar-refractivity contribution is -0.132. The van der Waals surface area contributed by atoms with Gasteiger partial charge in [-0.25, -0.2) is 9.31 Å². The maximum atomic E-state index is 12.5. The Morgan fingerprint density at radius 3 is 2.23 bits per heavy atom. The van der Waals surface area contributed by atoms with E-state index >= 15 is 0 Å². The summed E-state index contributed by atoms with van der Waals surface area (Å²) in [6.45, 7) is 10.0. The first-order valence-electron chi connectivity index (χ1n) is 14.5. The van der Waals surface area contributed by atoms with Crippen LogP contribution in [0.4, 0.5) is 10.5 Å². The predicted molar refractivity (Wildman–Crippen MR) is 155 cm³/mol. The van der Waals surface area contributed by atoms with E-state index < -0.39 is 11.1 Å². The fourth-order valence-corrected chi connectivity index (χ4v) is 5.88. The Morgan fingerprint density at radius 1 is 0.925 bits per heavy atom. The molecule has 2 amide bonds. The molecule has 1 aromatic carbocycles. The number of rotatable bonds is 4. The second-order valence-electron chi connectivity index (χ2n) is 12.6. The Labute approximate surface area is 235 Å². The Morgan fingerprint density at radius 2 is 1.60 bits per heavy atom. The van der Waals surface area contributed by atoms with Gasteiger partial charge in [0.15, 0.2) is 0 Å². The largest absolute Gasteiger partial charge is 0.444 e. The normalized spacial score (nSPS) is 19.6. The molecule has 2 aliphatic heterocycles. The van der Waals surface area contributed by atoms with Crippen LogP contribution in [0.2, 0.25) is 0 Å². The van der Waals surface area contributed by atoms with Crippen molar-refractivity contribution in [1.82, 2.24) is 19.4 Å². The van der Waals surface area contributed by atoms with E-state index in [4.69, 9.17) is 10.5 Å². The van der Waals surface area contributed by atoms with Crippen LogP contribution in [0.25, 0.3) is 16.6 Å². The van der Waals surface area contributed by atoms with E-state index in [2.05, 4.69) is 52.6 Å². The number of likely N-dealkylation sites (tertiary alicyclic amines) is 1. The van der Waals surface area contributed by atoms with E-state index in [9.17, 15) is 9.59 Å². The summed E-state index contributed by atoms with van der Waals surface area (Å²) in [6.07, 6.45) is 7.13. The van der Waals surface area contributed by atoms with Crippen LogP contribution in [0, 0.1) is 5.92 Å². The molecule has 9 heteroatoms. The fourth-order valence-electron chi connectivity index (χ4n) is 5.88. The SMILES string of the molecule is CC(C)(C)OC(=O)N1CCC(N)(c2ccc(-c3cc4c(N5CCN(C(=O)C6CC6)CC5)ccnn4c3)cc2)CC1. The lowest BCUT2D eigenvalue weighted by Gasteiger charge is -2.40. The predicted octanol–water partition coefficient (Wildman–Crippen LogP) is 4.24. The molecule has 40 heavy (non-hydrogen) atoms. The third kappa shape index (κ3) is 5.39. The Hall–Kier alpha value is -3.59. The van der Waals surface area contributed by atoms with Crippen molar-refractivity contribution in [3.8, 4) is 11.1 Å². The summed E-state index contributed by atoms with van der Waals surface area (Å²) in [5.74, 6) is 0.610. The van der Waals surface area contributed by atoms with Gasteiger partial charge in [-0.2, -0.15) is 5.10 Å². The van der Waals surface area contributed by atoms with Crippen LogP contribution in [0.5, 0.6) is 0 Å². The highest BCUT2D eigenvalue weighted by atomic mass is 16.6. The number of anilines is 1. The van der Waals surface area contributed by atoms with Crippen LogP contribution in [0.3, 0.4) is 0 Å². The van der Waals surface area contributed by atoms with Crippen LogP contribution in [-0.4, -0.2) is 76.3 Å².